The van der Waals surface area contributed by atoms with Gasteiger partial charge in [-0.3, -0.25) is 14.5 Å². The van der Waals surface area contributed by atoms with E-state index >= 15 is 0 Å². The van der Waals surface area contributed by atoms with E-state index in [-0.39, 0.29) is 11.8 Å². The maximum absolute atomic E-state index is 12.8. The molecule has 0 aromatic carbocycles. The number of carbonyl (C=O) groups is 2. The predicted octanol–water partition coefficient (Wildman–Crippen LogP) is 11.5. The van der Waals surface area contributed by atoms with Gasteiger partial charge in [-0.1, -0.05) is 134 Å². The van der Waals surface area contributed by atoms with Gasteiger partial charge in [-0.15, -0.1) is 0 Å². The highest BCUT2D eigenvalue weighted by Gasteiger charge is 2.33. The van der Waals surface area contributed by atoms with Crippen LogP contribution < -0.4 is 10.6 Å². The van der Waals surface area contributed by atoms with E-state index in [1.807, 2.05) is 25.9 Å². The summed E-state index contributed by atoms with van der Waals surface area (Å²) in [5.74, 6) is -0.806. The van der Waals surface area contributed by atoms with Gasteiger partial charge in [0.25, 0.3) is 0 Å². The van der Waals surface area contributed by atoms with Crippen molar-refractivity contribution < 1.29 is 9.59 Å². The fourth-order valence-corrected chi connectivity index (χ4v) is 5.53. The number of allylic oxidation sites excluding steroid dienone is 8. The molecule has 0 bridgehead atoms. The summed E-state index contributed by atoms with van der Waals surface area (Å²) in [5.41, 5.74) is 0. The lowest BCUT2D eigenvalue weighted by Gasteiger charge is -2.40. The van der Waals surface area contributed by atoms with Crippen LogP contribution in [-0.2, 0) is 9.59 Å². The Morgan fingerprint density at radius 3 is 1.13 bits per heavy atom. The molecular weight excluding hydrogens is 566 g/mol. The van der Waals surface area contributed by atoms with E-state index in [9.17, 15) is 9.59 Å². The average Bonchev–Trinajstić information content (AvgIpc) is 3.04. The van der Waals surface area contributed by atoms with Crippen LogP contribution in [0.3, 0.4) is 0 Å². The van der Waals surface area contributed by atoms with Crippen LogP contribution in [0.15, 0.2) is 48.6 Å². The molecule has 0 aliphatic carbocycles. The van der Waals surface area contributed by atoms with Crippen molar-refractivity contribution in [2.75, 3.05) is 14.1 Å². The van der Waals surface area contributed by atoms with Crippen molar-refractivity contribution in [2.45, 2.75) is 187 Å². The van der Waals surface area contributed by atoms with E-state index in [1.54, 1.807) is 0 Å². The van der Waals surface area contributed by atoms with Gasteiger partial charge < -0.3 is 10.6 Å². The number of hydrogen-bond acceptors (Lipinski definition) is 3. The average molecular weight is 642 g/mol. The molecule has 0 fully saturated rings. The largest absolute Gasteiger partial charge is 0.321 e. The van der Waals surface area contributed by atoms with Crippen molar-refractivity contribution in [3.8, 4) is 0 Å². The van der Waals surface area contributed by atoms with Gasteiger partial charge >= 0.3 is 0 Å². The van der Waals surface area contributed by atoms with Crippen molar-refractivity contribution in [1.82, 2.24) is 15.5 Å². The van der Waals surface area contributed by atoms with E-state index in [4.69, 9.17) is 0 Å². The maximum Gasteiger partial charge on any atom is 0.222 e. The van der Waals surface area contributed by atoms with Gasteiger partial charge in [0, 0.05) is 19.3 Å². The summed E-state index contributed by atoms with van der Waals surface area (Å²) in [6.07, 6.45) is 45.7. The Bertz CT molecular complexity index is 768. The van der Waals surface area contributed by atoms with Crippen LogP contribution in [0, 0.1) is 0 Å². The standard InChI is InChI=1S/C41H75N3O2/c1-6-9-11-13-15-17-19-21-23-25-27-29-31-33-35-37-39(45)42-41(8-3,44(4)5)43-40(46)38-36-34-32-30-28-26-24-22-20-18-16-14-12-10-7-2/h15-18,21-24H,6-14,19-20,25-38H2,1-5H3,(H,42,45)(H,43,46). The van der Waals surface area contributed by atoms with Crippen molar-refractivity contribution in [2.24, 2.45) is 0 Å². The molecule has 0 unspecified atom stereocenters. The van der Waals surface area contributed by atoms with Crippen molar-refractivity contribution in [3.63, 3.8) is 0 Å². The minimum Gasteiger partial charge on any atom is -0.321 e. The van der Waals surface area contributed by atoms with E-state index in [1.165, 1.54) is 77.0 Å². The third-order valence-electron chi connectivity index (χ3n) is 8.68. The SMILES string of the molecule is CCCCCC=CCC=CCCCCCCCC(=O)NC(CC)(NC(=O)CCCCCCCC=CCC=CCCCCC)N(C)C. The third-order valence-corrected chi connectivity index (χ3v) is 8.68. The lowest BCUT2D eigenvalue weighted by molar-refractivity contribution is -0.132. The molecule has 0 spiro atoms. The van der Waals surface area contributed by atoms with Gasteiger partial charge in [0.1, 0.15) is 0 Å². The molecule has 0 aromatic heterocycles. The van der Waals surface area contributed by atoms with Crippen LogP contribution in [0.5, 0.6) is 0 Å². The molecule has 2 amide bonds. The monoisotopic (exact) mass is 642 g/mol. The highest BCUT2D eigenvalue weighted by molar-refractivity contribution is 5.80. The Morgan fingerprint density at radius 1 is 0.478 bits per heavy atom. The van der Waals surface area contributed by atoms with E-state index in [0.29, 0.717) is 19.3 Å². The molecule has 2 N–H and O–H groups in total. The van der Waals surface area contributed by atoms with Gasteiger partial charge in [0.15, 0.2) is 5.79 Å². The summed E-state index contributed by atoms with van der Waals surface area (Å²) in [6, 6.07) is 0. The summed E-state index contributed by atoms with van der Waals surface area (Å²) in [4.78, 5) is 27.6. The normalized spacial score (nSPS) is 13.5. The molecule has 0 radical (unpaired) electrons. The second-order valence-electron chi connectivity index (χ2n) is 13.2. The van der Waals surface area contributed by atoms with Crippen molar-refractivity contribution in [1.29, 1.82) is 0 Å². The minimum absolute atomic E-state index is 0.0126. The summed E-state index contributed by atoms with van der Waals surface area (Å²) in [5, 5.41) is 6.29. The molecule has 0 rings (SSSR count). The van der Waals surface area contributed by atoms with E-state index < -0.39 is 5.79 Å². The topological polar surface area (TPSA) is 61.4 Å². The molecule has 0 saturated heterocycles. The molecule has 0 aliphatic rings. The number of unbranched alkanes of at least 4 members (excludes halogenated alkanes) is 16. The molecule has 0 aliphatic heterocycles. The maximum atomic E-state index is 12.8. The number of amides is 2. The smallest absolute Gasteiger partial charge is 0.222 e. The highest BCUT2D eigenvalue weighted by Crippen LogP contribution is 2.14. The van der Waals surface area contributed by atoms with Crippen LogP contribution in [-0.4, -0.2) is 36.6 Å². The second-order valence-corrected chi connectivity index (χ2v) is 13.2. The molecule has 266 valence electrons. The second kappa shape index (κ2) is 32.8. The summed E-state index contributed by atoms with van der Waals surface area (Å²) in [6.45, 7) is 6.50. The zero-order valence-electron chi connectivity index (χ0n) is 31.1. The van der Waals surface area contributed by atoms with Crippen LogP contribution in [0.4, 0.5) is 0 Å². The quantitative estimate of drug-likeness (QED) is 0.0436. The Morgan fingerprint density at radius 2 is 0.804 bits per heavy atom. The first-order valence-electron chi connectivity index (χ1n) is 19.3. The van der Waals surface area contributed by atoms with Crippen molar-refractivity contribution >= 4 is 11.8 Å². The van der Waals surface area contributed by atoms with E-state index in [2.05, 4.69) is 73.1 Å². The molecule has 5 heteroatoms. The molecule has 0 saturated carbocycles. The molecule has 0 atom stereocenters. The number of nitrogens with one attached hydrogen (secondary N) is 2. The first-order valence-corrected chi connectivity index (χ1v) is 19.3. The number of carbonyl (C=O) groups excluding carboxylic acids is 2. The lowest BCUT2D eigenvalue weighted by atomic mass is 10.1. The third kappa shape index (κ3) is 27.0. The number of rotatable bonds is 32. The molecule has 0 aromatic rings. The fourth-order valence-electron chi connectivity index (χ4n) is 5.53. The van der Waals surface area contributed by atoms with Crippen LogP contribution in [0.1, 0.15) is 181 Å². The predicted molar refractivity (Wildman–Crippen MR) is 202 cm³/mol. The zero-order chi connectivity index (χ0) is 34.0. The van der Waals surface area contributed by atoms with Crippen LogP contribution in [0.2, 0.25) is 0 Å². The molecular formula is C41H75N3O2. The fraction of sp³-hybridized carbons (Fsp3) is 0.756. The molecule has 46 heavy (non-hydrogen) atoms. The van der Waals surface area contributed by atoms with Gasteiger partial charge in [0.2, 0.25) is 11.8 Å². The number of nitrogens with zero attached hydrogens (tertiary/aromatic N) is 1. The van der Waals surface area contributed by atoms with Gasteiger partial charge in [0.05, 0.1) is 0 Å². The summed E-state index contributed by atoms with van der Waals surface area (Å²) in [7, 11) is 3.83. The summed E-state index contributed by atoms with van der Waals surface area (Å²) < 4.78 is 0. The number of hydrogen-bond donors (Lipinski definition) is 2. The minimum atomic E-state index is -0.831. The Balaban J connectivity index is 4.04. The van der Waals surface area contributed by atoms with Crippen LogP contribution >= 0.6 is 0 Å². The van der Waals surface area contributed by atoms with Crippen LogP contribution in [0.25, 0.3) is 0 Å². The lowest BCUT2D eigenvalue weighted by Crippen LogP contribution is -2.68. The van der Waals surface area contributed by atoms with Gasteiger partial charge in [-0.25, -0.2) is 0 Å². The van der Waals surface area contributed by atoms with Gasteiger partial charge in [-0.2, -0.15) is 0 Å². The molecule has 5 nitrogen and oxygen atoms in total. The highest BCUT2D eigenvalue weighted by atomic mass is 16.2. The van der Waals surface area contributed by atoms with E-state index in [0.717, 1.165) is 64.2 Å². The summed E-state index contributed by atoms with van der Waals surface area (Å²) >= 11 is 0. The zero-order valence-corrected chi connectivity index (χ0v) is 31.1. The Kier molecular flexibility index (Phi) is 31.3. The first-order chi connectivity index (χ1) is 22.4. The molecule has 0 heterocycles. The Labute approximate surface area is 286 Å². The Hall–Kier alpha value is -2.14. The van der Waals surface area contributed by atoms with Gasteiger partial charge in [-0.05, 0) is 91.1 Å². The first kappa shape index (κ1) is 43.9. The van der Waals surface area contributed by atoms with Crippen molar-refractivity contribution in [3.05, 3.63) is 48.6 Å².